The van der Waals surface area contributed by atoms with E-state index in [4.69, 9.17) is 18.9 Å². The molecule has 1 N–H and O–H groups in total. The second kappa shape index (κ2) is 13.6. The molecule has 45 heavy (non-hydrogen) atoms. The quantitative estimate of drug-likeness (QED) is 0.283. The van der Waals surface area contributed by atoms with Gasteiger partial charge in [0.15, 0.2) is 11.5 Å². The van der Waals surface area contributed by atoms with Crippen molar-refractivity contribution in [2.75, 3.05) is 26.4 Å². The summed E-state index contributed by atoms with van der Waals surface area (Å²) in [6, 6.07) is 12.5. The van der Waals surface area contributed by atoms with Crippen molar-refractivity contribution >= 4 is 22.6 Å². The number of nitrogens with one attached hydrogen (secondary N) is 1. The fourth-order valence-corrected chi connectivity index (χ4v) is 5.30. The van der Waals surface area contributed by atoms with E-state index in [0.29, 0.717) is 67.4 Å². The van der Waals surface area contributed by atoms with Gasteiger partial charge in [0.1, 0.15) is 25.1 Å². The Labute approximate surface area is 260 Å². The summed E-state index contributed by atoms with van der Waals surface area (Å²) in [4.78, 5) is 25.1. The van der Waals surface area contributed by atoms with Crippen LogP contribution in [0.4, 0.5) is 8.78 Å². The van der Waals surface area contributed by atoms with E-state index in [0.717, 1.165) is 17.3 Å². The van der Waals surface area contributed by atoms with Gasteiger partial charge in [-0.3, -0.25) is 9.59 Å². The molecule has 3 aromatic rings. The van der Waals surface area contributed by atoms with Gasteiger partial charge in [0.2, 0.25) is 5.78 Å². The Morgan fingerprint density at radius 1 is 1.18 bits per heavy atom. The smallest absolute Gasteiger partial charge is 0.302 e. The van der Waals surface area contributed by atoms with Gasteiger partial charge in [0, 0.05) is 36.8 Å². The van der Waals surface area contributed by atoms with Gasteiger partial charge >= 0.3 is 5.92 Å². The maximum absolute atomic E-state index is 13.8. The first-order chi connectivity index (χ1) is 21.5. The normalized spacial score (nSPS) is 20.0. The molecule has 3 heterocycles. The molecular formula is C34H37F2N3O6. The van der Waals surface area contributed by atoms with Gasteiger partial charge in [-0.2, -0.15) is 13.9 Å². The van der Waals surface area contributed by atoms with Crippen molar-refractivity contribution in [1.82, 2.24) is 15.1 Å². The SMILES string of the molecule is C=C(/C=C1/OCCO/C1=C/C)[C@@H](Oc1ccc2c(cnn2-c2cccc(C(=O)NC3CCOC3)c2)c1)[C@H](C)CC(=O)C(C)(F)F. The van der Waals surface area contributed by atoms with Gasteiger partial charge in [0.05, 0.1) is 30.0 Å². The Hall–Kier alpha value is -4.51. The van der Waals surface area contributed by atoms with E-state index in [1.165, 1.54) is 0 Å². The highest BCUT2D eigenvalue weighted by Gasteiger charge is 2.35. The van der Waals surface area contributed by atoms with Crippen LogP contribution in [0.15, 0.2) is 84.5 Å². The highest BCUT2D eigenvalue weighted by molar-refractivity contribution is 5.95. The van der Waals surface area contributed by atoms with E-state index < -0.39 is 30.1 Å². The maximum atomic E-state index is 13.8. The van der Waals surface area contributed by atoms with Crippen molar-refractivity contribution < 1.29 is 37.3 Å². The van der Waals surface area contributed by atoms with Gasteiger partial charge in [-0.25, -0.2) is 4.68 Å². The van der Waals surface area contributed by atoms with Crippen LogP contribution in [0.5, 0.6) is 5.75 Å². The van der Waals surface area contributed by atoms with Crippen LogP contribution in [0.1, 0.15) is 44.0 Å². The monoisotopic (exact) mass is 621 g/mol. The molecule has 0 radical (unpaired) electrons. The summed E-state index contributed by atoms with van der Waals surface area (Å²) < 4.78 is 52.4. The van der Waals surface area contributed by atoms with E-state index in [1.54, 1.807) is 60.3 Å². The number of allylic oxidation sites excluding steroid dienone is 1. The largest absolute Gasteiger partial charge is 0.486 e. The number of aromatic nitrogens is 2. The summed E-state index contributed by atoms with van der Waals surface area (Å²) in [7, 11) is 0. The van der Waals surface area contributed by atoms with E-state index in [1.807, 2.05) is 19.1 Å². The number of halogens is 2. The minimum atomic E-state index is -3.46. The van der Waals surface area contributed by atoms with Gasteiger partial charge in [-0.1, -0.05) is 19.6 Å². The molecule has 5 rings (SSSR count). The van der Waals surface area contributed by atoms with Gasteiger partial charge in [0.25, 0.3) is 5.91 Å². The Morgan fingerprint density at radius 3 is 2.67 bits per heavy atom. The van der Waals surface area contributed by atoms with Crippen LogP contribution >= 0.6 is 0 Å². The number of fused-ring (bicyclic) bond motifs is 1. The minimum absolute atomic E-state index is 0.00537. The summed E-state index contributed by atoms with van der Waals surface area (Å²) in [5.41, 5.74) is 2.41. The maximum Gasteiger partial charge on any atom is 0.302 e. The van der Waals surface area contributed by atoms with E-state index in [9.17, 15) is 18.4 Å². The Balaban J connectivity index is 1.39. The van der Waals surface area contributed by atoms with Crippen LogP contribution in [0, 0.1) is 5.92 Å². The summed E-state index contributed by atoms with van der Waals surface area (Å²) >= 11 is 0. The van der Waals surface area contributed by atoms with Crippen molar-refractivity contribution in [2.24, 2.45) is 5.92 Å². The minimum Gasteiger partial charge on any atom is -0.486 e. The average molecular weight is 622 g/mol. The molecule has 0 bridgehead atoms. The number of nitrogens with zero attached hydrogens (tertiary/aromatic N) is 2. The Kier molecular flexibility index (Phi) is 9.67. The van der Waals surface area contributed by atoms with Gasteiger partial charge in [-0.05, 0) is 67.5 Å². The third kappa shape index (κ3) is 7.59. The van der Waals surface area contributed by atoms with Crippen LogP contribution in [0.3, 0.4) is 0 Å². The van der Waals surface area contributed by atoms with Gasteiger partial charge in [-0.15, -0.1) is 0 Å². The van der Waals surface area contributed by atoms with Crippen LogP contribution in [0.25, 0.3) is 16.6 Å². The molecule has 2 aliphatic rings. The van der Waals surface area contributed by atoms with E-state index in [2.05, 4.69) is 17.0 Å². The van der Waals surface area contributed by atoms with Crippen molar-refractivity contribution in [3.63, 3.8) is 0 Å². The molecule has 1 aromatic heterocycles. The van der Waals surface area contributed by atoms with E-state index in [-0.39, 0.29) is 11.9 Å². The number of carbonyl (C=O) groups excluding carboxylic acids is 2. The predicted molar refractivity (Wildman–Crippen MR) is 164 cm³/mol. The predicted octanol–water partition coefficient (Wildman–Crippen LogP) is 5.93. The molecule has 2 aliphatic heterocycles. The number of ether oxygens (including phenoxy) is 4. The molecule has 3 atom stereocenters. The molecule has 2 fully saturated rings. The van der Waals surface area contributed by atoms with Crippen LogP contribution < -0.4 is 10.1 Å². The number of carbonyl (C=O) groups is 2. The standard InChI is InChI=1S/C34H37F2N3O6/c1-5-29-30(44-14-13-43-29)15-21(2)32(22(3)16-31(40)34(4,35)36)45-27-9-10-28-24(18-27)19-37-39(28)26-8-6-7-23(17-26)33(41)38-25-11-12-42-20-25/h5-10,15,17-19,22,25,32H,2,11-14,16,20H2,1,3-4H3,(H,38,41)/b29-5+,30-15+/t22-,25?,32-/m1/s1. The molecule has 0 aliphatic carbocycles. The number of Topliss-reactive ketones (excluding diaryl/α,β-unsaturated/α-hetero) is 1. The topological polar surface area (TPSA) is 101 Å². The molecule has 0 saturated carbocycles. The number of ketones is 1. The molecule has 1 amide bonds. The molecule has 238 valence electrons. The number of benzene rings is 2. The summed E-state index contributed by atoms with van der Waals surface area (Å²) in [5.74, 6) is -4.05. The van der Waals surface area contributed by atoms with Crippen LogP contribution in [-0.4, -0.2) is 66.0 Å². The summed E-state index contributed by atoms with van der Waals surface area (Å²) in [6.07, 6.45) is 4.63. The van der Waals surface area contributed by atoms with E-state index >= 15 is 0 Å². The van der Waals surface area contributed by atoms with Crippen molar-refractivity contribution in [2.45, 2.75) is 51.7 Å². The third-order valence-corrected chi connectivity index (χ3v) is 7.72. The average Bonchev–Trinajstić information content (AvgIpc) is 3.69. The van der Waals surface area contributed by atoms with Crippen molar-refractivity contribution in [1.29, 1.82) is 0 Å². The van der Waals surface area contributed by atoms with Crippen molar-refractivity contribution in [3.8, 4) is 11.4 Å². The fraction of sp³-hybridized carbons (Fsp3) is 0.382. The van der Waals surface area contributed by atoms with Gasteiger partial charge < -0.3 is 24.3 Å². The molecule has 11 heteroatoms. The lowest BCUT2D eigenvalue weighted by Gasteiger charge is -2.27. The molecule has 2 saturated heterocycles. The molecule has 9 nitrogen and oxygen atoms in total. The zero-order chi connectivity index (χ0) is 32.1. The first-order valence-electron chi connectivity index (χ1n) is 14.9. The molecule has 0 spiro atoms. The van der Waals surface area contributed by atoms with Crippen LogP contribution in [-0.2, 0) is 19.0 Å². The Morgan fingerprint density at radius 2 is 1.96 bits per heavy atom. The number of amides is 1. The fourth-order valence-electron chi connectivity index (χ4n) is 5.30. The van der Waals surface area contributed by atoms with Crippen LogP contribution in [0.2, 0.25) is 0 Å². The first-order valence-corrected chi connectivity index (χ1v) is 14.9. The number of alkyl halides is 2. The second-order valence-electron chi connectivity index (χ2n) is 11.3. The van der Waals surface area contributed by atoms with Crippen molar-refractivity contribution in [3.05, 3.63) is 90.0 Å². The summed E-state index contributed by atoms with van der Waals surface area (Å²) in [6.45, 7) is 10.1. The Bertz CT molecular complexity index is 1630. The lowest BCUT2D eigenvalue weighted by molar-refractivity contribution is -0.142. The summed E-state index contributed by atoms with van der Waals surface area (Å²) in [5, 5.41) is 8.28. The number of hydrogen-bond donors (Lipinski definition) is 1. The lowest BCUT2D eigenvalue weighted by Crippen LogP contribution is -2.35. The number of hydrogen-bond acceptors (Lipinski definition) is 7. The molecular weight excluding hydrogens is 584 g/mol. The molecule has 1 unspecified atom stereocenters. The third-order valence-electron chi connectivity index (χ3n) is 7.72. The zero-order valence-corrected chi connectivity index (χ0v) is 25.6. The first kappa shape index (κ1) is 31.9. The molecule has 2 aromatic carbocycles. The zero-order valence-electron chi connectivity index (χ0n) is 25.6. The second-order valence-corrected chi connectivity index (χ2v) is 11.3. The number of rotatable bonds is 11. The lowest BCUT2D eigenvalue weighted by atomic mass is 9.91. The highest BCUT2D eigenvalue weighted by atomic mass is 19.3. The highest BCUT2D eigenvalue weighted by Crippen LogP contribution is 2.31.